The van der Waals surface area contributed by atoms with E-state index in [0.717, 1.165) is 31.2 Å². The van der Waals surface area contributed by atoms with Gasteiger partial charge in [0.1, 0.15) is 5.75 Å². The highest BCUT2D eigenvalue weighted by molar-refractivity contribution is 6.30. The van der Waals surface area contributed by atoms with Crippen LogP contribution in [0.5, 0.6) is 5.75 Å². The predicted molar refractivity (Wildman–Crippen MR) is 68.2 cm³/mol. The van der Waals surface area contributed by atoms with E-state index in [4.69, 9.17) is 11.6 Å². The van der Waals surface area contributed by atoms with Crippen molar-refractivity contribution in [2.45, 2.75) is 44.4 Å². The largest absolute Gasteiger partial charge is 0.508 e. The topological polar surface area (TPSA) is 52.5 Å². The van der Waals surface area contributed by atoms with E-state index in [1.54, 1.807) is 18.2 Å². The molecular weight excluding hydrogens is 238 g/mol. The molecule has 3 nitrogen and oxygen atoms in total. The van der Waals surface area contributed by atoms with Gasteiger partial charge in [-0.05, 0) is 43.9 Å². The third-order valence-corrected chi connectivity index (χ3v) is 3.50. The Kier molecular flexibility index (Phi) is 4.26. The lowest BCUT2D eigenvalue weighted by molar-refractivity contribution is 0.111. The molecule has 1 aliphatic rings. The molecule has 2 unspecified atom stereocenters. The SMILES string of the molecule is Oc1ccc(Cl)cc1CNC1CCCC(O)C1. The summed E-state index contributed by atoms with van der Waals surface area (Å²) < 4.78 is 0. The molecule has 0 heterocycles. The van der Waals surface area contributed by atoms with Crippen molar-refractivity contribution in [3.05, 3.63) is 28.8 Å². The van der Waals surface area contributed by atoms with Gasteiger partial charge in [-0.1, -0.05) is 11.6 Å². The molecule has 0 amide bonds. The van der Waals surface area contributed by atoms with Crippen LogP contribution in [0.25, 0.3) is 0 Å². The standard InChI is InChI=1S/C13H18ClNO2/c14-10-4-5-13(17)9(6-10)8-15-11-2-1-3-12(16)7-11/h4-6,11-12,15-17H,1-3,7-8H2. The van der Waals surface area contributed by atoms with Gasteiger partial charge < -0.3 is 15.5 Å². The van der Waals surface area contributed by atoms with Crippen LogP contribution < -0.4 is 5.32 Å². The number of hydrogen-bond donors (Lipinski definition) is 3. The molecule has 0 saturated heterocycles. The maximum Gasteiger partial charge on any atom is 0.120 e. The molecule has 0 spiro atoms. The van der Waals surface area contributed by atoms with Gasteiger partial charge in [-0.2, -0.15) is 0 Å². The van der Waals surface area contributed by atoms with E-state index in [2.05, 4.69) is 5.32 Å². The fourth-order valence-electron chi connectivity index (χ4n) is 2.30. The van der Waals surface area contributed by atoms with Crippen LogP contribution in [0.3, 0.4) is 0 Å². The van der Waals surface area contributed by atoms with Crippen molar-refractivity contribution >= 4 is 11.6 Å². The summed E-state index contributed by atoms with van der Waals surface area (Å²) in [6.45, 7) is 0.587. The van der Waals surface area contributed by atoms with Crippen molar-refractivity contribution in [2.75, 3.05) is 0 Å². The van der Waals surface area contributed by atoms with Crippen LogP contribution in [0, 0.1) is 0 Å². The number of nitrogens with one attached hydrogen (secondary N) is 1. The highest BCUT2D eigenvalue weighted by Gasteiger charge is 2.19. The maximum absolute atomic E-state index is 9.67. The number of phenols is 1. The van der Waals surface area contributed by atoms with Crippen LogP contribution >= 0.6 is 11.6 Å². The van der Waals surface area contributed by atoms with Crippen molar-refractivity contribution < 1.29 is 10.2 Å². The molecule has 0 aromatic heterocycles. The van der Waals surface area contributed by atoms with Crippen LogP contribution in [-0.2, 0) is 6.54 Å². The van der Waals surface area contributed by atoms with Crippen molar-refractivity contribution in [3.63, 3.8) is 0 Å². The first-order valence-corrected chi connectivity index (χ1v) is 6.42. The quantitative estimate of drug-likeness (QED) is 0.778. The fraction of sp³-hybridized carbons (Fsp3) is 0.538. The molecule has 1 aromatic carbocycles. The molecule has 0 bridgehead atoms. The number of aliphatic hydroxyl groups is 1. The van der Waals surface area contributed by atoms with E-state index < -0.39 is 0 Å². The van der Waals surface area contributed by atoms with Gasteiger partial charge in [0.2, 0.25) is 0 Å². The zero-order valence-electron chi connectivity index (χ0n) is 9.69. The summed E-state index contributed by atoms with van der Waals surface area (Å²) in [7, 11) is 0. The lowest BCUT2D eigenvalue weighted by Crippen LogP contribution is -2.35. The van der Waals surface area contributed by atoms with Gasteiger partial charge in [-0.3, -0.25) is 0 Å². The zero-order chi connectivity index (χ0) is 12.3. The molecule has 2 rings (SSSR count). The molecule has 3 N–H and O–H groups in total. The summed E-state index contributed by atoms with van der Waals surface area (Å²) in [5.74, 6) is 0.262. The van der Waals surface area contributed by atoms with Crippen molar-refractivity contribution in [2.24, 2.45) is 0 Å². The normalized spacial score (nSPS) is 24.8. The van der Waals surface area contributed by atoms with Crippen molar-refractivity contribution in [3.8, 4) is 5.75 Å². The number of hydrogen-bond acceptors (Lipinski definition) is 3. The van der Waals surface area contributed by atoms with Gasteiger partial charge in [-0.25, -0.2) is 0 Å². The minimum atomic E-state index is -0.186. The molecule has 94 valence electrons. The second kappa shape index (κ2) is 5.71. The second-order valence-corrected chi connectivity index (χ2v) is 5.11. The molecule has 1 aliphatic carbocycles. The monoisotopic (exact) mass is 255 g/mol. The van der Waals surface area contributed by atoms with Crippen LogP contribution in [-0.4, -0.2) is 22.4 Å². The van der Waals surface area contributed by atoms with Crippen LogP contribution in [0.1, 0.15) is 31.2 Å². The van der Waals surface area contributed by atoms with E-state index in [0.29, 0.717) is 17.6 Å². The smallest absolute Gasteiger partial charge is 0.120 e. The minimum absolute atomic E-state index is 0.186. The summed E-state index contributed by atoms with van der Waals surface area (Å²) in [4.78, 5) is 0. The Balaban J connectivity index is 1.90. The Bertz CT molecular complexity index is 384. The van der Waals surface area contributed by atoms with E-state index in [-0.39, 0.29) is 11.9 Å². The maximum atomic E-state index is 9.67. The molecular formula is C13H18ClNO2. The number of benzene rings is 1. The lowest BCUT2D eigenvalue weighted by Gasteiger charge is -2.26. The van der Waals surface area contributed by atoms with E-state index in [1.807, 2.05) is 0 Å². The Morgan fingerprint density at radius 2 is 2.18 bits per heavy atom. The van der Waals surface area contributed by atoms with Crippen LogP contribution in [0.2, 0.25) is 5.02 Å². The molecule has 1 saturated carbocycles. The van der Waals surface area contributed by atoms with Gasteiger partial charge in [-0.15, -0.1) is 0 Å². The first kappa shape index (κ1) is 12.7. The van der Waals surface area contributed by atoms with Gasteiger partial charge in [0, 0.05) is 23.2 Å². The van der Waals surface area contributed by atoms with Crippen LogP contribution in [0.4, 0.5) is 0 Å². The van der Waals surface area contributed by atoms with Crippen molar-refractivity contribution in [1.82, 2.24) is 5.32 Å². The highest BCUT2D eigenvalue weighted by Crippen LogP contribution is 2.23. The molecule has 4 heteroatoms. The second-order valence-electron chi connectivity index (χ2n) is 4.67. The Morgan fingerprint density at radius 3 is 2.94 bits per heavy atom. The first-order chi connectivity index (χ1) is 8.15. The number of aliphatic hydroxyl groups excluding tert-OH is 1. The summed E-state index contributed by atoms with van der Waals surface area (Å²) in [6, 6.07) is 5.38. The van der Waals surface area contributed by atoms with Crippen molar-refractivity contribution in [1.29, 1.82) is 0 Å². The minimum Gasteiger partial charge on any atom is -0.508 e. The summed E-state index contributed by atoms with van der Waals surface area (Å²) in [5, 5.41) is 23.2. The van der Waals surface area contributed by atoms with Gasteiger partial charge in [0.25, 0.3) is 0 Å². The number of aromatic hydroxyl groups is 1. The molecule has 2 atom stereocenters. The molecule has 0 aliphatic heterocycles. The summed E-state index contributed by atoms with van der Waals surface area (Å²) >= 11 is 5.88. The molecule has 1 aromatic rings. The Hall–Kier alpha value is -0.770. The molecule has 0 radical (unpaired) electrons. The third-order valence-electron chi connectivity index (χ3n) is 3.27. The molecule has 1 fully saturated rings. The summed E-state index contributed by atoms with van der Waals surface area (Å²) in [5.41, 5.74) is 0.803. The first-order valence-electron chi connectivity index (χ1n) is 6.04. The van der Waals surface area contributed by atoms with E-state index >= 15 is 0 Å². The lowest BCUT2D eigenvalue weighted by atomic mass is 9.93. The average Bonchev–Trinajstić information content (AvgIpc) is 2.30. The zero-order valence-corrected chi connectivity index (χ0v) is 10.5. The van der Waals surface area contributed by atoms with Crippen LogP contribution in [0.15, 0.2) is 18.2 Å². The number of rotatable bonds is 3. The van der Waals surface area contributed by atoms with Gasteiger partial charge in [0.05, 0.1) is 6.10 Å². The Labute approximate surface area is 106 Å². The van der Waals surface area contributed by atoms with Gasteiger partial charge in [0.15, 0.2) is 0 Å². The highest BCUT2D eigenvalue weighted by atomic mass is 35.5. The number of phenolic OH excluding ortho intramolecular Hbond substituents is 1. The summed E-state index contributed by atoms with van der Waals surface area (Å²) in [6.07, 6.45) is 3.65. The Morgan fingerprint density at radius 1 is 1.35 bits per heavy atom. The average molecular weight is 256 g/mol. The predicted octanol–water partition coefficient (Wildman–Crippen LogP) is 2.44. The number of halogens is 1. The fourth-order valence-corrected chi connectivity index (χ4v) is 2.49. The van der Waals surface area contributed by atoms with Gasteiger partial charge >= 0.3 is 0 Å². The van der Waals surface area contributed by atoms with E-state index in [1.165, 1.54) is 0 Å². The third kappa shape index (κ3) is 3.60. The molecule has 17 heavy (non-hydrogen) atoms. The van der Waals surface area contributed by atoms with E-state index in [9.17, 15) is 10.2 Å².